The minimum atomic E-state index is 0.569. The average molecular weight is 321 g/mol. The van der Waals surface area contributed by atoms with Crippen LogP contribution in [0.1, 0.15) is 5.69 Å². The van der Waals surface area contributed by atoms with Gasteiger partial charge in [0, 0.05) is 36.0 Å². The van der Waals surface area contributed by atoms with Crippen molar-refractivity contribution in [2.75, 3.05) is 6.54 Å². The van der Waals surface area contributed by atoms with E-state index in [-0.39, 0.29) is 0 Å². The van der Waals surface area contributed by atoms with Gasteiger partial charge in [0.15, 0.2) is 4.96 Å². The van der Waals surface area contributed by atoms with Crippen molar-refractivity contribution in [3.05, 3.63) is 60.0 Å². The highest BCUT2D eigenvalue weighted by atomic mass is 32.1. The summed E-state index contributed by atoms with van der Waals surface area (Å²) < 4.78 is 2.19. The molecule has 0 radical (unpaired) electrons. The van der Waals surface area contributed by atoms with Crippen LogP contribution in [0.15, 0.2) is 54.3 Å². The summed E-state index contributed by atoms with van der Waals surface area (Å²) in [6, 6.07) is 9.89. The Balaban J connectivity index is 1.97. The second-order valence-corrected chi connectivity index (χ2v) is 5.97. The first kappa shape index (κ1) is 14.0. The predicted octanol–water partition coefficient (Wildman–Crippen LogP) is 3.02. The lowest BCUT2D eigenvalue weighted by Gasteiger charge is -2.06. The molecule has 5 nitrogen and oxygen atoms in total. The number of rotatable bonds is 4. The van der Waals surface area contributed by atoms with Gasteiger partial charge >= 0.3 is 0 Å². The zero-order chi connectivity index (χ0) is 15.6. The maximum atomic E-state index is 5.85. The quantitative estimate of drug-likeness (QED) is 0.627. The van der Waals surface area contributed by atoms with Gasteiger partial charge in [-0.15, -0.1) is 11.3 Å². The molecule has 0 aliphatic carbocycles. The van der Waals surface area contributed by atoms with Crippen molar-refractivity contribution < 1.29 is 0 Å². The molecule has 23 heavy (non-hydrogen) atoms. The first-order valence-corrected chi connectivity index (χ1v) is 8.27. The lowest BCUT2D eigenvalue weighted by molar-refractivity contribution is 0.912. The number of thiazole rings is 1. The van der Waals surface area contributed by atoms with E-state index in [1.165, 1.54) is 0 Å². The SMILES string of the molecule is NCCc1c(-c2ccccn2)nc2scc(-c3ccncc3)n12. The fraction of sp³-hybridized carbons (Fsp3) is 0.118. The van der Waals surface area contributed by atoms with Gasteiger partial charge in [0.1, 0.15) is 5.69 Å². The number of pyridine rings is 2. The highest BCUT2D eigenvalue weighted by molar-refractivity contribution is 7.15. The van der Waals surface area contributed by atoms with E-state index in [1.807, 2.05) is 30.3 Å². The Bertz CT molecular complexity index is 928. The summed E-state index contributed by atoms with van der Waals surface area (Å²) in [6.45, 7) is 0.569. The fourth-order valence-corrected chi connectivity index (χ4v) is 3.63. The first-order valence-electron chi connectivity index (χ1n) is 7.39. The standard InChI is InChI=1S/C17H15N5S/c18-7-4-14-16(13-3-1-2-8-20-13)21-17-22(14)15(11-23-17)12-5-9-19-10-6-12/h1-3,5-6,8-11H,4,7,18H2. The summed E-state index contributed by atoms with van der Waals surface area (Å²) in [4.78, 5) is 14.3. The van der Waals surface area contributed by atoms with Crippen molar-refractivity contribution in [1.29, 1.82) is 0 Å². The van der Waals surface area contributed by atoms with Crippen LogP contribution >= 0.6 is 11.3 Å². The molecule has 0 bridgehead atoms. The van der Waals surface area contributed by atoms with Crippen molar-refractivity contribution in [2.45, 2.75) is 6.42 Å². The number of hydrogen-bond donors (Lipinski definition) is 1. The van der Waals surface area contributed by atoms with Gasteiger partial charge < -0.3 is 5.73 Å². The number of imidazole rings is 1. The maximum absolute atomic E-state index is 5.85. The average Bonchev–Trinajstić information content (AvgIpc) is 3.17. The summed E-state index contributed by atoms with van der Waals surface area (Å²) in [7, 11) is 0. The number of aromatic nitrogens is 4. The zero-order valence-corrected chi connectivity index (χ0v) is 13.2. The van der Waals surface area contributed by atoms with Gasteiger partial charge in [-0.1, -0.05) is 6.07 Å². The molecule has 0 amide bonds. The highest BCUT2D eigenvalue weighted by Crippen LogP contribution is 2.32. The monoisotopic (exact) mass is 321 g/mol. The van der Waals surface area contributed by atoms with E-state index in [4.69, 9.17) is 10.7 Å². The van der Waals surface area contributed by atoms with Crippen LogP contribution in [0.5, 0.6) is 0 Å². The fourth-order valence-electron chi connectivity index (χ4n) is 2.71. The minimum Gasteiger partial charge on any atom is -0.330 e. The maximum Gasteiger partial charge on any atom is 0.195 e. The molecule has 4 aromatic heterocycles. The predicted molar refractivity (Wildman–Crippen MR) is 92.3 cm³/mol. The van der Waals surface area contributed by atoms with Gasteiger partial charge in [-0.3, -0.25) is 14.4 Å². The van der Waals surface area contributed by atoms with Crippen molar-refractivity contribution in [3.63, 3.8) is 0 Å². The Labute approximate surface area is 137 Å². The van der Waals surface area contributed by atoms with E-state index in [1.54, 1.807) is 29.9 Å². The van der Waals surface area contributed by atoms with Crippen molar-refractivity contribution in [2.24, 2.45) is 5.73 Å². The summed E-state index contributed by atoms with van der Waals surface area (Å²) in [5, 5.41) is 2.12. The van der Waals surface area contributed by atoms with Crippen LogP contribution in [0.4, 0.5) is 0 Å². The molecule has 6 heteroatoms. The molecule has 0 saturated heterocycles. The Morgan fingerprint density at radius 1 is 1.09 bits per heavy atom. The number of nitrogens with two attached hydrogens (primary N) is 1. The summed E-state index contributed by atoms with van der Waals surface area (Å²) >= 11 is 1.63. The normalized spacial score (nSPS) is 11.2. The third-order valence-electron chi connectivity index (χ3n) is 3.72. The molecule has 4 rings (SSSR count). The first-order chi connectivity index (χ1) is 11.4. The molecule has 114 valence electrons. The number of nitrogens with zero attached hydrogens (tertiary/aromatic N) is 4. The molecule has 0 saturated carbocycles. The molecule has 0 aliphatic rings. The highest BCUT2D eigenvalue weighted by Gasteiger charge is 2.18. The van der Waals surface area contributed by atoms with E-state index in [2.05, 4.69) is 19.7 Å². The molecule has 0 aliphatic heterocycles. The summed E-state index contributed by atoms with van der Waals surface area (Å²) in [5.74, 6) is 0. The smallest absolute Gasteiger partial charge is 0.195 e. The van der Waals surface area contributed by atoms with Crippen LogP contribution in [0.25, 0.3) is 27.6 Å². The van der Waals surface area contributed by atoms with E-state index in [9.17, 15) is 0 Å². The molecule has 0 aromatic carbocycles. The second kappa shape index (κ2) is 5.91. The van der Waals surface area contributed by atoms with Gasteiger partial charge in [-0.05, 0) is 30.8 Å². The molecule has 0 spiro atoms. The van der Waals surface area contributed by atoms with Crippen LogP contribution in [-0.4, -0.2) is 25.9 Å². The minimum absolute atomic E-state index is 0.569. The van der Waals surface area contributed by atoms with Gasteiger partial charge in [0.25, 0.3) is 0 Å². The van der Waals surface area contributed by atoms with Crippen LogP contribution in [0, 0.1) is 0 Å². The molecule has 0 unspecified atom stereocenters. The number of hydrogen-bond acceptors (Lipinski definition) is 5. The Morgan fingerprint density at radius 2 is 1.96 bits per heavy atom. The zero-order valence-electron chi connectivity index (χ0n) is 12.4. The molecule has 4 aromatic rings. The van der Waals surface area contributed by atoms with Crippen LogP contribution in [0.3, 0.4) is 0 Å². The topological polar surface area (TPSA) is 69.1 Å². The van der Waals surface area contributed by atoms with Gasteiger partial charge in [-0.2, -0.15) is 0 Å². The molecule has 2 N–H and O–H groups in total. The molecule has 0 fully saturated rings. The van der Waals surface area contributed by atoms with E-state index in [0.29, 0.717) is 6.54 Å². The largest absolute Gasteiger partial charge is 0.330 e. The molecule has 0 atom stereocenters. The van der Waals surface area contributed by atoms with E-state index >= 15 is 0 Å². The number of fused-ring (bicyclic) bond motifs is 1. The Morgan fingerprint density at radius 3 is 2.70 bits per heavy atom. The molecular weight excluding hydrogens is 306 g/mol. The molecular formula is C17H15N5S. The van der Waals surface area contributed by atoms with Gasteiger partial charge in [-0.25, -0.2) is 4.98 Å². The van der Waals surface area contributed by atoms with Crippen LogP contribution in [-0.2, 0) is 6.42 Å². The van der Waals surface area contributed by atoms with E-state index in [0.717, 1.165) is 39.7 Å². The van der Waals surface area contributed by atoms with Crippen molar-refractivity contribution >= 4 is 16.3 Å². The Kier molecular flexibility index (Phi) is 3.61. The van der Waals surface area contributed by atoms with Gasteiger partial charge in [0.05, 0.1) is 17.1 Å². The van der Waals surface area contributed by atoms with Crippen molar-refractivity contribution in [3.8, 4) is 22.6 Å². The second-order valence-electron chi connectivity index (χ2n) is 5.14. The Hall–Kier alpha value is -2.57. The van der Waals surface area contributed by atoms with Crippen LogP contribution in [0.2, 0.25) is 0 Å². The van der Waals surface area contributed by atoms with Gasteiger partial charge in [0.2, 0.25) is 0 Å². The third kappa shape index (κ3) is 2.42. The molecule has 4 heterocycles. The van der Waals surface area contributed by atoms with E-state index < -0.39 is 0 Å². The van der Waals surface area contributed by atoms with Crippen LogP contribution < -0.4 is 5.73 Å². The summed E-state index contributed by atoms with van der Waals surface area (Å²) in [6.07, 6.45) is 6.15. The lowest BCUT2D eigenvalue weighted by atomic mass is 10.1. The van der Waals surface area contributed by atoms with Crippen molar-refractivity contribution in [1.82, 2.24) is 19.4 Å². The summed E-state index contributed by atoms with van der Waals surface area (Å²) in [5.41, 5.74) is 11.0. The third-order valence-corrected chi connectivity index (χ3v) is 4.55. The lowest BCUT2D eigenvalue weighted by Crippen LogP contribution is -2.07.